The van der Waals surface area contributed by atoms with Crippen LogP contribution in [0.2, 0.25) is 0 Å². The van der Waals surface area contributed by atoms with Crippen LogP contribution < -0.4 is 9.47 Å². The van der Waals surface area contributed by atoms with E-state index < -0.39 is 0 Å². The fourth-order valence-corrected chi connectivity index (χ4v) is 2.25. The third kappa shape index (κ3) is 7.30. The topological polar surface area (TPSA) is 18.5 Å². The van der Waals surface area contributed by atoms with Crippen LogP contribution in [0.3, 0.4) is 0 Å². The van der Waals surface area contributed by atoms with Crippen LogP contribution in [0.15, 0.2) is 71.8 Å². The van der Waals surface area contributed by atoms with Gasteiger partial charge in [-0.15, -0.1) is 0 Å². The van der Waals surface area contributed by atoms with Crippen molar-refractivity contribution in [2.45, 2.75) is 34.1 Å². The van der Waals surface area contributed by atoms with Gasteiger partial charge in [-0.3, -0.25) is 0 Å². The first-order chi connectivity index (χ1) is 12.0. The zero-order valence-corrected chi connectivity index (χ0v) is 15.7. The van der Waals surface area contributed by atoms with Crippen molar-refractivity contribution in [3.63, 3.8) is 0 Å². The van der Waals surface area contributed by atoms with E-state index in [2.05, 4.69) is 64.1 Å². The molecule has 0 aromatic heterocycles. The monoisotopic (exact) mass is 336 g/mol. The molecule has 2 nitrogen and oxygen atoms in total. The summed E-state index contributed by atoms with van der Waals surface area (Å²) in [5.74, 6) is 1.81. The van der Waals surface area contributed by atoms with Crippen molar-refractivity contribution in [1.29, 1.82) is 0 Å². The molecule has 2 heteroatoms. The summed E-state index contributed by atoms with van der Waals surface area (Å²) in [6, 6.07) is 16.6. The van der Waals surface area contributed by atoms with Gasteiger partial charge in [-0.25, -0.2) is 0 Å². The number of hydrogen-bond acceptors (Lipinski definition) is 2. The van der Waals surface area contributed by atoms with Crippen molar-refractivity contribution in [1.82, 2.24) is 0 Å². The molecular weight excluding hydrogens is 308 g/mol. The van der Waals surface area contributed by atoms with E-state index in [1.54, 1.807) is 0 Å². The molecule has 2 aromatic rings. The smallest absolute Gasteiger partial charge is 0.119 e. The molecule has 2 rings (SSSR count). The largest absolute Gasteiger partial charge is 0.490 e. The first kappa shape index (κ1) is 18.9. The fourth-order valence-electron chi connectivity index (χ4n) is 2.25. The summed E-state index contributed by atoms with van der Waals surface area (Å²) in [5.41, 5.74) is 5.08. The standard InChI is InChI=1S/C23H28O2/c1-18(2)13-15-24-22-9-5-20(6-10-22)17-21-7-11-23(12-8-21)25-16-14-19(3)4/h5-14H,15-17H2,1-4H3. The first-order valence-corrected chi connectivity index (χ1v) is 8.73. The Kier molecular flexibility index (Phi) is 7.34. The molecule has 0 spiro atoms. The van der Waals surface area contributed by atoms with E-state index in [1.807, 2.05) is 24.3 Å². The molecule has 0 radical (unpaired) electrons. The lowest BCUT2D eigenvalue weighted by molar-refractivity contribution is 0.362. The van der Waals surface area contributed by atoms with Crippen molar-refractivity contribution in [2.24, 2.45) is 0 Å². The quantitative estimate of drug-likeness (QED) is 0.553. The molecule has 2 aromatic carbocycles. The Hall–Kier alpha value is -2.48. The Labute approximate surface area is 151 Å². The number of allylic oxidation sites excluding steroid dienone is 2. The van der Waals surface area contributed by atoms with Crippen molar-refractivity contribution >= 4 is 0 Å². The zero-order valence-electron chi connectivity index (χ0n) is 15.7. The van der Waals surface area contributed by atoms with E-state index in [0.29, 0.717) is 13.2 Å². The Morgan fingerprint density at radius 3 is 1.32 bits per heavy atom. The van der Waals surface area contributed by atoms with Gasteiger partial charge in [-0.05, 0) is 81.7 Å². The third-order valence-electron chi connectivity index (χ3n) is 3.74. The Morgan fingerprint density at radius 2 is 1.00 bits per heavy atom. The van der Waals surface area contributed by atoms with E-state index in [0.717, 1.165) is 17.9 Å². The number of hydrogen-bond donors (Lipinski definition) is 0. The molecule has 25 heavy (non-hydrogen) atoms. The highest BCUT2D eigenvalue weighted by atomic mass is 16.5. The second-order valence-corrected chi connectivity index (χ2v) is 6.65. The minimum atomic E-state index is 0.621. The molecule has 0 aliphatic heterocycles. The second kappa shape index (κ2) is 9.73. The van der Waals surface area contributed by atoms with Gasteiger partial charge in [0.15, 0.2) is 0 Å². The summed E-state index contributed by atoms with van der Waals surface area (Å²) in [5, 5.41) is 0. The third-order valence-corrected chi connectivity index (χ3v) is 3.74. The Bertz CT molecular complexity index is 635. The lowest BCUT2D eigenvalue weighted by Gasteiger charge is -2.07. The van der Waals surface area contributed by atoms with E-state index in [-0.39, 0.29) is 0 Å². The average molecular weight is 336 g/mol. The van der Waals surface area contributed by atoms with E-state index in [4.69, 9.17) is 9.47 Å². The SMILES string of the molecule is CC(C)=CCOc1ccc(Cc2ccc(OCC=C(C)C)cc2)cc1. The molecular formula is C23H28O2. The number of benzene rings is 2. The van der Waals surface area contributed by atoms with Gasteiger partial charge in [0.05, 0.1) is 0 Å². The minimum absolute atomic E-state index is 0.621. The normalized spacial score (nSPS) is 10.1. The summed E-state index contributed by atoms with van der Waals surface area (Å²) in [4.78, 5) is 0. The van der Waals surface area contributed by atoms with E-state index in [1.165, 1.54) is 22.3 Å². The van der Waals surface area contributed by atoms with Crippen molar-refractivity contribution in [2.75, 3.05) is 13.2 Å². The van der Waals surface area contributed by atoms with Gasteiger partial charge in [0.1, 0.15) is 24.7 Å². The van der Waals surface area contributed by atoms with Crippen LogP contribution in [0.5, 0.6) is 11.5 Å². The summed E-state index contributed by atoms with van der Waals surface area (Å²) >= 11 is 0. The van der Waals surface area contributed by atoms with Crippen molar-refractivity contribution < 1.29 is 9.47 Å². The highest BCUT2D eigenvalue weighted by molar-refractivity contribution is 5.34. The number of rotatable bonds is 8. The van der Waals surface area contributed by atoms with Gasteiger partial charge >= 0.3 is 0 Å². The summed E-state index contributed by atoms with van der Waals surface area (Å²) in [6.07, 6.45) is 5.06. The van der Waals surface area contributed by atoms with Crippen LogP contribution in [0.4, 0.5) is 0 Å². The van der Waals surface area contributed by atoms with Gasteiger partial charge in [0, 0.05) is 0 Å². The molecule has 0 saturated carbocycles. The molecule has 0 N–H and O–H groups in total. The highest BCUT2D eigenvalue weighted by Gasteiger charge is 1.99. The maximum absolute atomic E-state index is 5.69. The molecule has 0 atom stereocenters. The van der Waals surface area contributed by atoms with E-state index >= 15 is 0 Å². The second-order valence-electron chi connectivity index (χ2n) is 6.65. The molecule has 132 valence electrons. The average Bonchev–Trinajstić information content (AvgIpc) is 2.57. The minimum Gasteiger partial charge on any atom is -0.490 e. The number of ether oxygens (including phenoxy) is 2. The summed E-state index contributed by atoms with van der Waals surface area (Å²) in [6.45, 7) is 9.54. The van der Waals surface area contributed by atoms with Crippen LogP contribution in [0.1, 0.15) is 38.8 Å². The van der Waals surface area contributed by atoms with Gasteiger partial charge in [0.25, 0.3) is 0 Å². The van der Waals surface area contributed by atoms with Gasteiger partial charge < -0.3 is 9.47 Å². The molecule has 0 aliphatic carbocycles. The van der Waals surface area contributed by atoms with Gasteiger partial charge in [-0.2, -0.15) is 0 Å². The van der Waals surface area contributed by atoms with Crippen molar-refractivity contribution in [3.05, 3.63) is 83.0 Å². The van der Waals surface area contributed by atoms with Crippen LogP contribution >= 0.6 is 0 Å². The fraction of sp³-hybridized carbons (Fsp3) is 0.304. The van der Waals surface area contributed by atoms with Crippen molar-refractivity contribution in [3.8, 4) is 11.5 Å². The molecule has 0 bridgehead atoms. The molecule has 0 saturated heterocycles. The first-order valence-electron chi connectivity index (χ1n) is 8.73. The summed E-state index contributed by atoms with van der Waals surface area (Å²) in [7, 11) is 0. The predicted octanol–water partition coefficient (Wildman–Crippen LogP) is 5.97. The van der Waals surface area contributed by atoms with Gasteiger partial charge in [-0.1, -0.05) is 35.4 Å². The summed E-state index contributed by atoms with van der Waals surface area (Å²) < 4.78 is 11.4. The lowest BCUT2D eigenvalue weighted by atomic mass is 10.0. The van der Waals surface area contributed by atoms with Crippen LogP contribution in [-0.4, -0.2) is 13.2 Å². The maximum Gasteiger partial charge on any atom is 0.119 e. The maximum atomic E-state index is 5.69. The Morgan fingerprint density at radius 1 is 0.640 bits per heavy atom. The van der Waals surface area contributed by atoms with Crippen LogP contribution in [-0.2, 0) is 6.42 Å². The lowest BCUT2D eigenvalue weighted by Crippen LogP contribution is -1.96. The molecule has 0 unspecified atom stereocenters. The zero-order chi connectivity index (χ0) is 18.1. The Balaban J connectivity index is 1.87. The van der Waals surface area contributed by atoms with E-state index in [9.17, 15) is 0 Å². The molecule has 0 aliphatic rings. The molecule has 0 amide bonds. The predicted molar refractivity (Wildman–Crippen MR) is 106 cm³/mol. The molecule has 0 heterocycles. The molecule has 0 fully saturated rings. The van der Waals surface area contributed by atoms with Gasteiger partial charge in [0.2, 0.25) is 0 Å². The van der Waals surface area contributed by atoms with Crippen LogP contribution in [0, 0.1) is 0 Å². The van der Waals surface area contributed by atoms with Crippen LogP contribution in [0.25, 0.3) is 0 Å². The highest BCUT2D eigenvalue weighted by Crippen LogP contribution is 2.18.